The highest BCUT2D eigenvalue weighted by molar-refractivity contribution is 7.92. The summed E-state index contributed by atoms with van der Waals surface area (Å²) in [5, 5.41) is 7.20. The maximum absolute atomic E-state index is 11.3. The Hall–Kier alpha value is -1.80. The fourth-order valence-electron chi connectivity index (χ4n) is 2.56. The van der Waals surface area contributed by atoms with Crippen LogP contribution in [0.3, 0.4) is 0 Å². The molecule has 0 saturated heterocycles. The summed E-state index contributed by atoms with van der Waals surface area (Å²) >= 11 is 7.62. The lowest BCUT2D eigenvalue weighted by Gasteiger charge is -2.06. The van der Waals surface area contributed by atoms with Gasteiger partial charge in [-0.2, -0.15) is 0 Å². The number of nitrogens with one attached hydrogen (secondary N) is 2. The molecule has 0 aliphatic heterocycles. The van der Waals surface area contributed by atoms with E-state index >= 15 is 0 Å². The number of thiazole rings is 1. The van der Waals surface area contributed by atoms with E-state index in [4.69, 9.17) is 11.6 Å². The van der Waals surface area contributed by atoms with Gasteiger partial charge in [0.15, 0.2) is 0 Å². The van der Waals surface area contributed by atoms with Crippen molar-refractivity contribution in [2.45, 2.75) is 6.92 Å². The standard InChI is InChI=1S/C18H18ClN3O2S2.ClH/c1-12-10-14(19)6-9-16(12)20-18-22(2)17(11-25-18)13-4-7-15(8-5-13)21-26(3,23)24;/h4-11,21H,1-3H3;1H. The van der Waals surface area contributed by atoms with Crippen molar-refractivity contribution in [2.75, 3.05) is 16.3 Å². The number of aryl methyl sites for hydroxylation is 1. The zero-order chi connectivity index (χ0) is 18.9. The van der Waals surface area contributed by atoms with Gasteiger partial charge in [-0.05, 0) is 55.0 Å². The van der Waals surface area contributed by atoms with Gasteiger partial charge in [0.05, 0.1) is 13.3 Å². The fourth-order valence-corrected chi connectivity index (χ4v) is 4.29. The van der Waals surface area contributed by atoms with Crippen LogP contribution in [0.4, 0.5) is 16.5 Å². The quantitative estimate of drug-likeness (QED) is 0.584. The van der Waals surface area contributed by atoms with Gasteiger partial charge in [-0.1, -0.05) is 22.9 Å². The van der Waals surface area contributed by atoms with Crippen LogP contribution in [0.2, 0.25) is 5.02 Å². The molecule has 2 N–H and O–H groups in total. The fraction of sp³-hybridized carbons (Fsp3) is 0.167. The van der Waals surface area contributed by atoms with Crippen LogP contribution >= 0.6 is 22.9 Å². The normalized spacial score (nSPS) is 11.0. The molecular weight excluding hydrogens is 425 g/mol. The molecule has 0 bridgehead atoms. The maximum atomic E-state index is 11.3. The molecule has 3 rings (SSSR count). The Morgan fingerprint density at radius 1 is 1.11 bits per heavy atom. The van der Waals surface area contributed by atoms with E-state index in [1.807, 2.05) is 44.3 Å². The number of nitrogens with zero attached hydrogens (tertiary/aromatic N) is 1. The van der Waals surface area contributed by atoms with Crippen molar-refractivity contribution >= 4 is 49.5 Å². The second-order valence-corrected chi connectivity index (χ2v) is 9.06. The number of hydrogen-bond donors (Lipinski definition) is 2. The molecule has 144 valence electrons. The third-order valence-corrected chi connectivity index (χ3v) is 5.64. The molecule has 0 saturated carbocycles. The lowest BCUT2D eigenvalue weighted by molar-refractivity contribution is -0.641. The first kappa shape index (κ1) is 21.5. The van der Waals surface area contributed by atoms with Gasteiger partial charge in [-0.25, -0.2) is 18.3 Å². The number of aromatic nitrogens is 1. The molecule has 3 aromatic rings. The molecule has 0 fully saturated rings. The molecule has 1 aromatic heterocycles. The van der Waals surface area contributed by atoms with Crippen LogP contribution in [-0.4, -0.2) is 14.7 Å². The van der Waals surface area contributed by atoms with Gasteiger partial charge in [-0.3, -0.25) is 4.72 Å². The van der Waals surface area contributed by atoms with Crippen LogP contribution in [0.5, 0.6) is 0 Å². The van der Waals surface area contributed by atoms with E-state index in [0.717, 1.165) is 33.9 Å². The Kier molecular flexibility index (Phi) is 6.75. The van der Waals surface area contributed by atoms with Crippen LogP contribution in [0, 0.1) is 6.92 Å². The molecule has 0 radical (unpaired) electrons. The van der Waals surface area contributed by atoms with E-state index in [1.54, 1.807) is 23.5 Å². The van der Waals surface area contributed by atoms with E-state index in [0.29, 0.717) is 10.7 Å². The third-order valence-electron chi connectivity index (χ3n) is 3.86. The zero-order valence-electron chi connectivity index (χ0n) is 15.0. The predicted octanol–water partition coefficient (Wildman–Crippen LogP) is 1.32. The Balaban J connectivity index is 0.00000261. The number of hydrogen-bond acceptors (Lipinski definition) is 4. The number of sulfonamides is 1. The largest absolute Gasteiger partial charge is 1.00 e. The molecule has 1 heterocycles. The molecule has 0 spiro atoms. The second-order valence-electron chi connectivity index (χ2n) is 6.02. The molecule has 9 heteroatoms. The summed E-state index contributed by atoms with van der Waals surface area (Å²) in [7, 11) is -1.28. The van der Waals surface area contributed by atoms with E-state index in [1.165, 1.54) is 0 Å². The number of rotatable bonds is 5. The summed E-state index contributed by atoms with van der Waals surface area (Å²) in [6, 6.07) is 13.0. The topological polar surface area (TPSA) is 62.1 Å². The summed E-state index contributed by atoms with van der Waals surface area (Å²) in [6.45, 7) is 2.01. The third kappa shape index (κ3) is 5.35. The Labute approximate surface area is 174 Å². The van der Waals surface area contributed by atoms with Crippen molar-refractivity contribution in [1.82, 2.24) is 0 Å². The SMILES string of the molecule is Cc1cc(Cl)ccc1Nc1scc(-c2ccc(NS(C)(=O)=O)cc2)[n+]1C.[Cl-]. The summed E-state index contributed by atoms with van der Waals surface area (Å²) in [5.41, 5.74) is 4.66. The van der Waals surface area contributed by atoms with Gasteiger partial charge in [-0.15, -0.1) is 0 Å². The monoisotopic (exact) mass is 443 g/mol. The molecule has 27 heavy (non-hydrogen) atoms. The minimum absolute atomic E-state index is 0. The van der Waals surface area contributed by atoms with E-state index < -0.39 is 10.0 Å². The van der Waals surface area contributed by atoms with Crippen molar-refractivity contribution in [1.29, 1.82) is 0 Å². The number of anilines is 3. The number of halogens is 2. The zero-order valence-corrected chi connectivity index (χ0v) is 18.1. The Bertz CT molecular complexity index is 1050. The Morgan fingerprint density at radius 2 is 1.78 bits per heavy atom. The minimum Gasteiger partial charge on any atom is -1.00 e. The van der Waals surface area contributed by atoms with Crippen molar-refractivity contribution < 1.29 is 25.4 Å². The van der Waals surface area contributed by atoms with Crippen molar-refractivity contribution in [2.24, 2.45) is 7.05 Å². The van der Waals surface area contributed by atoms with Crippen LogP contribution in [-0.2, 0) is 17.1 Å². The lowest BCUT2D eigenvalue weighted by Crippen LogP contribution is -3.00. The average molecular weight is 444 g/mol. The molecule has 0 aliphatic carbocycles. The summed E-state index contributed by atoms with van der Waals surface area (Å²) in [6.07, 6.45) is 1.14. The van der Waals surface area contributed by atoms with Gasteiger partial charge >= 0.3 is 5.13 Å². The van der Waals surface area contributed by atoms with Gasteiger partial charge < -0.3 is 12.4 Å². The summed E-state index contributed by atoms with van der Waals surface area (Å²) in [4.78, 5) is 0. The van der Waals surface area contributed by atoms with E-state index in [-0.39, 0.29) is 12.4 Å². The predicted molar refractivity (Wildman–Crippen MR) is 109 cm³/mol. The molecule has 0 atom stereocenters. The highest BCUT2D eigenvalue weighted by Crippen LogP contribution is 2.28. The highest BCUT2D eigenvalue weighted by Gasteiger charge is 2.17. The second kappa shape index (κ2) is 8.48. The molecule has 0 unspecified atom stereocenters. The summed E-state index contributed by atoms with van der Waals surface area (Å²) in [5.74, 6) is 0. The highest BCUT2D eigenvalue weighted by atomic mass is 35.5. The smallest absolute Gasteiger partial charge is 0.339 e. The summed E-state index contributed by atoms with van der Waals surface area (Å²) < 4.78 is 27.1. The average Bonchev–Trinajstić information content (AvgIpc) is 2.90. The molecule has 0 amide bonds. The van der Waals surface area contributed by atoms with Gasteiger partial charge in [0.1, 0.15) is 11.4 Å². The van der Waals surface area contributed by atoms with Crippen LogP contribution in [0.25, 0.3) is 11.3 Å². The van der Waals surface area contributed by atoms with Crippen LogP contribution < -0.4 is 27.0 Å². The maximum Gasteiger partial charge on any atom is 0.339 e. The van der Waals surface area contributed by atoms with E-state index in [2.05, 4.69) is 20.0 Å². The van der Waals surface area contributed by atoms with E-state index in [9.17, 15) is 8.42 Å². The number of benzene rings is 2. The van der Waals surface area contributed by atoms with Crippen LogP contribution in [0.15, 0.2) is 47.8 Å². The first-order valence-electron chi connectivity index (χ1n) is 7.82. The van der Waals surface area contributed by atoms with Gasteiger partial charge in [0.2, 0.25) is 10.0 Å². The Morgan fingerprint density at radius 3 is 2.37 bits per heavy atom. The molecule has 5 nitrogen and oxygen atoms in total. The first-order valence-corrected chi connectivity index (χ1v) is 11.0. The van der Waals surface area contributed by atoms with Gasteiger partial charge in [0, 0.05) is 21.7 Å². The van der Waals surface area contributed by atoms with Crippen molar-refractivity contribution in [3.63, 3.8) is 0 Å². The van der Waals surface area contributed by atoms with Crippen LogP contribution in [0.1, 0.15) is 5.56 Å². The molecule has 2 aromatic carbocycles. The lowest BCUT2D eigenvalue weighted by atomic mass is 10.1. The van der Waals surface area contributed by atoms with Crippen molar-refractivity contribution in [3.8, 4) is 11.3 Å². The molecule has 0 aliphatic rings. The molecular formula is C18H19Cl2N3O2S2. The first-order chi connectivity index (χ1) is 12.2. The van der Waals surface area contributed by atoms with Crippen molar-refractivity contribution in [3.05, 3.63) is 58.4 Å². The minimum atomic E-state index is -3.27. The van der Waals surface area contributed by atoms with Gasteiger partial charge in [0.25, 0.3) is 0 Å².